The predicted molar refractivity (Wildman–Crippen MR) is 257 cm³/mol. The summed E-state index contributed by atoms with van der Waals surface area (Å²) in [5, 5.41) is 29.0. The first-order chi connectivity index (χ1) is 32.9. The molecule has 2 saturated carbocycles. The van der Waals surface area contributed by atoms with Crippen LogP contribution in [-0.2, 0) is 37.4 Å². The van der Waals surface area contributed by atoms with E-state index in [-0.39, 0.29) is 23.4 Å². The summed E-state index contributed by atoms with van der Waals surface area (Å²) in [4.78, 5) is 35.3. The number of nitrogens with zero attached hydrogens (tertiary/aromatic N) is 13. The Morgan fingerprint density at radius 1 is 0.691 bits per heavy atom. The number of pyridine rings is 2. The van der Waals surface area contributed by atoms with E-state index >= 15 is 0 Å². The van der Waals surface area contributed by atoms with E-state index in [0.717, 1.165) is 83.8 Å². The minimum Gasteiger partial charge on any atom is -0.360 e. The maximum absolute atomic E-state index is 13.1. The number of aromatic nitrogens is 14. The zero-order valence-electron chi connectivity index (χ0n) is 39.7. The fourth-order valence-electron chi connectivity index (χ4n) is 9.92. The van der Waals surface area contributed by atoms with Crippen LogP contribution in [0.3, 0.4) is 0 Å². The molecule has 8 heterocycles. The molecular weight excluding hydrogens is 873 g/mol. The number of ether oxygens (including phenoxy) is 1. The largest absolute Gasteiger partial charge is 0.360 e. The number of ketones is 2. The van der Waals surface area contributed by atoms with Crippen LogP contribution in [0.15, 0.2) is 61.4 Å². The molecule has 0 saturated heterocycles. The van der Waals surface area contributed by atoms with Gasteiger partial charge >= 0.3 is 0 Å². The lowest BCUT2D eigenvalue weighted by molar-refractivity contribution is 0.0765. The highest BCUT2D eigenvalue weighted by Gasteiger charge is 2.33. The number of hydrogen-bond acceptors (Lipinski definition) is 11. The number of carbonyl (C=O) groups excluding carboxylic acids is 2. The highest BCUT2D eigenvalue weighted by atomic mass is 28.3. The highest BCUT2D eigenvalue weighted by Crippen LogP contribution is 2.41. The summed E-state index contributed by atoms with van der Waals surface area (Å²) >= 11 is 0. The Hall–Kier alpha value is -6.40. The number of hydrogen-bond donors (Lipinski definition) is 1. The van der Waals surface area contributed by atoms with Crippen molar-refractivity contribution in [1.29, 1.82) is 0 Å². The normalized spacial score (nSPS) is 17.8. The predicted octanol–water partition coefficient (Wildman–Crippen LogP) is 8.16. The average molecular weight is 933 g/mol. The van der Waals surface area contributed by atoms with Crippen molar-refractivity contribution in [2.45, 2.75) is 147 Å². The van der Waals surface area contributed by atoms with Crippen LogP contribution in [0.5, 0.6) is 0 Å². The maximum Gasteiger partial charge on any atom is 0.185 e. The first kappa shape index (κ1) is 44.1. The average Bonchev–Trinajstić information content (AvgIpc) is 3.70. The summed E-state index contributed by atoms with van der Waals surface area (Å²) in [6.07, 6.45) is 21.7. The smallest absolute Gasteiger partial charge is 0.185 e. The number of Topliss-reactive ketones (excluding diaryl/α,β-unsaturated/α-hetero) is 2. The molecule has 12 rings (SSSR count). The quantitative estimate of drug-likeness (QED) is 0.0528. The van der Waals surface area contributed by atoms with Crippen molar-refractivity contribution < 1.29 is 14.3 Å². The summed E-state index contributed by atoms with van der Waals surface area (Å²) in [5.41, 5.74) is 14.1. The van der Waals surface area contributed by atoms with Crippen molar-refractivity contribution in [2.75, 3.05) is 6.61 Å². The number of H-pyrrole nitrogens is 1. The minimum atomic E-state index is -1.11. The van der Waals surface area contributed by atoms with E-state index in [9.17, 15) is 9.59 Å². The van der Waals surface area contributed by atoms with Gasteiger partial charge in [-0.05, 0) is 117 Å². The summed E-state index contributed by atoms with van der Waals surface area (Å²) < 4.78 is 15.4. The molecule has 0 bridgehead atoms. The van der Waals surface area contributed by atoms with Gasteiger partial charge in [-0.15, -0.1) is 10.2 Å². The van der Waals surface area contributed by atoms with Gasteiger partial charge in [0.2, 0.25) is 0 Å². The van der Waals surface area contributed by atoms with Gasteiger partial charge in [0, 0.05) is 75.5 Å². The summed E-state index contributed by atoms with van der Waals surface area (Å²) in [6.45, 7) is 13.4. The van der Waals surface area contributed by atoms with E-state index in [0.29, 0.717) is 55.9 Å². The second kappa shape index (κ2) is 17.9. The molecule has 0 aliphatic heterocycles. The van der Waals surface area contributed by atoms with Gasteiger partial charge in [-0.1, -0.05) is 42.2 Å². The number of aromatic amines is 1. The molecule has 4 aliphatic rings. The molecule has 8 aromatic rings. The monoisotopic (exact) mass is 932 g/mol. The van der Waals surface area contributed by atoms with E-state index in [2.05, 4.69) is 108 Å². The van der Waals surface area contributed by atoms with E-state index in [1.54, 1.807) is 21.8 Å². The lowest BCUT2D eigenvalue weighted by Crippen LogP contribution is -2.22. The molecule has 4 aliphatic carbocycles. The molecule has 0 spiro atoms. The first-order valence-electron chi connectivity index (χ1n) is 24.4. The third-order valence-corrected chi connectivity index (χ3v) is 15.9. The van der Waals surface area contributed by atoms with Crippen molar-refractivity contribution in [1.82, 2.24) is 68.7 Å². The number of carbonyl (C=O) groups is 2. The Balaban J connectivity index is 0.000000153. The van der Waals surface area contributed by atoms with Crippen LogP contribution in [0, 0.1) is 13.8 Å². The van der Waals surface area contributed by atoms with Crippen LogP contribution in [-0.4, -0.2) is 95.0 Å². The lowest BCUT2D eigenvalue weighted by atomic mass is 9.99. The van der Waals surface area contributed by atoms with Crippen LogP contribution in [0.2, 0.25) is 25.7 Å². The number of fused-ring (bicyclic) bond motifs is 4. The van der Waals surface area contributed by atoms with Crippen molar-refractivity contribution in [3.63, 3.8) is 0 Å². The molecule has 2 atom stereocenters. The van der Waals surface area contributed by atoms with Crippen molar-refractivity contribution in [3.8, 4) is 0 Å². The maximum atomic E-state index is 13.1. The molecule has 68 heavy (non-hydrogen) atoms. The van der Waals surface area contributed by atoms with E-state index in [1.807, 2.05) is 24.0 Å². The second-order valence-corrected chi connectivity index (χ2v) is 26.4. The molecule has 0 amide bonds. The Morgan fingerprint density at radius 2 is 1.24 bits per heavy atom. The molecule has 0 unspecified atom stereocenters. The second-order valence-electron chi connectivity index (χ2n) is 20.8. The molecule has 17 nitrogen and oxygen atoms in total. The molecule has 0 radical (unpaired) electrons. The summed E-state index contributed by atoms with van der Waals surface area (Å²) in [7, 11) is -1.11. The lowest BCUT2D eigenvalue weighted by Gasteiger charge is -2.15. The first-order valence-corrected chi connectivity index (χ1v) is 28.1. The van der Waals surface area contributed by atoms with E-state index in [4.69, 9.17) is 14.8 Å². The van der Waals surface area contributed by atoms with Crippen LogP contribution >= 0.6 is 0 Å². The van der Waals surface area contributed by atoms with Crippen molar-refractivity contribution in [3.05, 3.63) is 129 Å². The molecule has 8 aromatic heterocycles. The number of imidazole rings is 2. The van der Waals surface area contributed by atoms with Crippen LogP contribution in [0.4, 0.5) is 0 Å². The van der Waals surface area contributed by atoms with Crippen molar-refractivity contribution in [2.24, 2.45) is 0 Å². The Bertz CT molecular complexity index is 3150. The van der Waals surface area contributed by atoms with Gasteiger partial charge in [-0.2, -0.15) is 10.2 Å². The topological polar surface area (TPSA) is 186 Å². The number of rotatable bonds is 17. The van der Waals surface area contributed by atoms with Gasteiger partial charge in [-0.25, -0.2) is 24.0 Å². The molecule has 352 valence electrons. The summed E-state index contributed by atoms with van der Waals surface area (Å²) in [5.74, 6) is 1.73. The Labute approximate surface area is 395 Å². The SMILES string of the molecule is Cc1[nH]nc2c1CC[C@H]2CC(=O)c1cn(Cc2cn3cc(C4CC4)ccc3n2)nn1.Cc1c2c(nn1COCC[Si](C)(C)C)[C@H](CC(=O)c1cn(Cc3cn4cc(C5CC5)ccc4n3)nn1)CC2. The van der Waals surface area contributed by atoms with E-state index < -0.39 is 8.07 Å². The molecular formula is C50H60N14O3Si. The van der Waals surface area contributed by atoms with Gasteiger partial charge in [0.25, 0.3) is 0 Å². The van der Waals surface area contributed by atoms with Gasteiger partial charge in [0.05, 0.1) is 48.3 Å². The molecule has 0 aromatic carbocycles. The van der Waals surface area contributed by atoms with Gasteiger partial charge < -0.3 is 13.5 Å². The minimum absolute atomic E-state index is 0.0109. The summed E-state index contributed by atoms with van der Waals surface area (Å²) in [6, 6.07) is 9.64. The number of nitrogens with one attached hydrogen (secondary N) is 1. The van der Waals surface area contributed by atoms with Gasteiger partial charge in [0.15, 0.2) is 11.6 Å². The van der Waals surface area contributed by atoms with Crippen molar-refractivity contribution >= 4 is 30.9 Å². The highest BCUT2D eigenvalue weighted by molar-refractivity contribution is 6.76. The zero-order valence-corrected chi connectivity index (χ0v) is 40.7. The fraction of sp³-hybridized carbons (Fsp3) is 0.480. The van der Waals surface area contributed by atoms with E-state index in [1.165, 1.54) is 47.9 Å². The van der Waals surface area contributed by atoms with Crippen LogP contribution < -0.4 is 0 Å². The van der Waals surface area contributed by atoms with Crippen LogP contribution in [0.1, 0.15) is 152 Å². The molecule has 1 N–H and O–H groups in total. The molecule has 18 heteroatoms. The van der Waals surface area contributed by atoms with Gasteiger partial charge in [-0.3, -0.25) is 14.7 Å². The standard InChI is InChI=1S/C28H37N7O2Si.C22H23N7O/c1-19-24-9-7-21(28(24)31-35(19)18-37-11-12-38(2,3)4)13-26(36)25-17-34(32-30-25)16-23-15-33-14-22(20-5-6-20)8-10-27(33)29-23;1-13-18-6-4-15(22(18)26-24-13)8-20(30)19-12-29(27-25-19)11-17-10-28-9-16(14-2-3-14)5-7-21(28)23-17/h8,10,14-15,17,20-21H,5-7,9,11-13,16,18H2,1-4H3;5,7,9-10,12,14-15H,2-4,6,8,11H2,1H3,(H,24,26)/t21-;15-/m00/s1. The van der Waals surface area contributed by atoms with Crippen LogP contribution in [0.25, 0.3) is 11.3 Å². The Kier molecular flexibility index (Phi) is 11.6. The van der Waals surface area contributed by atoms with Gasteiger partial charge in [0.1, 0.15) is 29.4 Å². The zero-order chi connectivity index (χ0) is 46.7. The molecule has 2 fully saturated rings. The third kappa shape index (κ3) is 9.52. The Morgan fingerprint density at radius 3 is 1.78 bits per heavy atom. The third-order valence-electron chi connectivity index (χ3n) is 14.2. The number of aryl methyl sites for hydroxylation is 1. The fourth-order valence-corrected chi connectivity index (χ4v) is 10.7.